The molecule has 12 N–H and O–H groups in total. The van der Waals surface area contributed by atoms with Crippen molar-refractivity contribution in [3.63, 3.8) is 0 Å². The van der Waals surface area contributed by atoms with E-state index in [4.69, 9.17) is 15.9 Å². The normalized spacial score (nSPS) is 16.0. The zero-order valence-electron chi connectivity index (χ0n) is 16.6. The van der Waals surface area contributed by atoms with Crippen LogP contribution in [0.2, 0.25) is 0 Å². The number of nitrogens with zero attached hydrogens (tertiary/aromatic N) is 1. The number of carbonyl (C=O) groups is 1. The van der Waals surface area contributed by atoms with Crippen LogP contribution in [0, 0.1) is 0 Å². The van der Waals surface area contributed by atoms with Gasteiger partial charge < -0.3 is 55.1 Å². The summed E-state index contributed by atoms with van der Waals surface area (Å²) in [7, 11) is -22.9. The van der Waals surface area contributed by atoms with Gasteiger partial charge in [0.25, 0.3) is 11.0 Å². The third-order valence-electron chi connectivity index (χ3n) is 4.11. The maximum Gasteiger partial charge on any atom is 0.395 e. The topological polar surface area (TPSA) is 314 Å². The van der Waals surface area contributed by atoms with Crippen molar-refractivity contribution in [2.75, 3.05) is 13.1 Å². The minimum absolute atomic E-state index is 0.766. The van der Waals surface area contributed by atoms with Gasteiger partial charge in [0.05, 0.1) is 19.2 Å². The molecule has 0 aromatic carbocycles. The molecule has 0 radical (unpaired) electrons. The van der Waals surface area contributed by atoms with Crippen molar-refractivity contribution in [1.82, 2.24) is 0 Å². The van der Waals surface area contributed by atoms with Gasteiger partial charge in [-0.2, -0.15) is 0 Å². The van der Waals surface area contributed by atoms with E-state index in [1.807, 2.05) is 0 Å². The molecule has 0 amide bonds. The Hall–Kier alpha value is -0.0500. The zero-order valence-corrected chi connectivity index (χ0v) is 20.1. The van der Waals surface area contributed by atoms with Crippen LogP contribution in [-0.2, 0) is 23.1 Å². The maximum atomic E-state index is 11.6. The van der Waals surface area contributed by atoms with Gasteiger partial charge in [-0.25, -0.2) is 0 Å². The molecule has 0 saturated heterocycles. The first-order valence-electron chi connectivity index (χ1n) is 8.14. The fourth-order valence-electron chi connectivity index (χ4n) is 2.79. The van der Waals surface area contributed by atoms with E-state index in [0.29, 0.717) is 0 Å². The first kappa shape index (κ1) is 33.1. The summed E-state index contributed by atoms with van der Waals surface area (Å²) in [6, 6.07) is -1.16. The van der Waals surface area contributed by atoms with Crippen molar-refractivity contribution in [2.45, 2.75) is 44.0 Å². The van der Waals surface area contributed by atoms with E-state index in [1.54, 1.807) is 0 Å². The van der Waals surface area contributed by atoms with Gasteiger partial charge in [0, 0.05) is 0 Å². The number of hydrogen-bond donors (Lipinski definition) is 11. The molecule has 0 fully saturated rings. The second-order valence-electron chi connectivity index (χ2n) is 6.39. The van der Waals surface area contributed by atoms with E-state index in [1.165, 1.54) is 6.92 Å². The molecule has 0 heterocycles. The van der Waals surface area contributed by atoms with Crippen molar-refractivity contribution in [2.24, 2.45) is 5.73 Å². The highest BCUT2D eigenvalue weighted by Gasteiger charge is 2.68. The smallest absolute Gasteiger partial charge is 0.395 e. The number of aliphatic carboxylic acids is 1. The van der Waals surface area contributed by atoms with Crippen LogP contribution in [-0.4, -0.2) is 96.1 Å². The summed E-state index contributed by atoms with van der Waals surface area (Å²) in [4.78, 5) is 84.2. The van der Waals surface area contributed by atoms with Crippen molar-refractivity contribution in [3.8, 4) is 0 Å². The lowest BCUT2D eigenvalue weighted by Gasteiger charge is -2.47. The van der Waals surface area contributed by atoms with Gasteiger partial charge in [0.15, 0.2) is 0 Å². The van der Waals surface area contributed by atoms with Crippen molar-refractivity contribution in [1.29, 1.82) is 0 Å². The second-order valence-corrected chi connectivity index (χ2v) is 13.9. The van der Waals surface area contributed by atoms with Crippen LogP contribution in [0.15, 0.2) is 0 Å². The molecule has 17 nitrogen and oxygen atoms in total. The summed E-state index contributed by atoms with van der Waals surface area (Å²) < 4.78 is 44.5. The Morgan fingerprint density at radius 1 is 0.774 bits per heavy atom. The highest BCUT2D eigenvalue weighted by atomic mass is 31.2. The molecule has 0 spiro atoms. The van der Waals surface area contributed by atoms with Crippen LogP contribution in [0.25, 0.3) is 0 Å². The molecular weight excluding hydrogens is 512 g/mol. The number of nitrogens with two attached hydrogens (primary N) is 1. The monoisotopic (exact) mass is 541 g/mol. The third kappa shape index (κ3) is 9.38. The largest absolute Gasteiger partial charge is 0.480 e. The number of aliphatic hydroxyl groups is 1. The average molecular weight is 541 g/mol. The number of quaternary nitrogens is 1. The van der Waals surface area contributed by atoms with Gasteiger partial charge in [-0.1, -0.05) is 0 Å². The summed E-state index contributed by atoms with van der Waals surface area (Å²) >= 11 is 0. The Labute approximate surface area is 176 Å². The summed E-state index contributed by atoms with van der Waals surface area (Å²) in [6.45, 7) is 1.88. The Bertz CT molecular complexity index is 696. The molecule has 21 heteroatoms. The van der Waals surface area contributed by atoms with Gasteiger partial charge >= 0.3 is 36.4 Å². The number of aliphatic hydroxyl groups excluding tert-OH is 1. The van der Waals surface area contributed by atoms with Crippen molar-refractivity contribution < 1.29 is 76.9 Å². The maximum absolute atomic E-state index is 11.6. The van der Waals surface area contributed by atoms with Crippen LogP contribution < -0.4 is 5.73 Å². The van der Waals surface area contributed by atoms with Crippen LogP contribution in [0.4, 0.5) is 0 Å². The summed E-state index contributed by atoms with van der Waals surface area (Å²) in [5.41, 5.74) is -1.15. The lowest BCUT2D eigenvalue weighted by Crippen LogP contribution is -2.60. The van der Waals surface area contributed by atoms with Gasteiger partial charge in [-0.05, 0) is 20.8 Å². The Morgan fingerprint density at radius 3 is 1.06 bits per heavy atom. The molecule has 188 valence electrons. The third-order valence-corrected chi connectivity index (χ3v) is 12.0. The van der Waals surface area contributed by atoms with E-state index in [0.717, 1.165) is 13.8 Å². The molecule has 0 aliphatic carbocycles. The predicted molar refractivity (Wildman–Crippen MR) is 104 cm³/mol. The average Bonchev–Trinajstić information content (AvgIpc) is 2.48. The van der Waals surface area contributed by atoms with E-state index in [-0.39, 0.29) is 0 Å². The molecule has 0 aliphatic heterocycles. The van der Waals surface area contributed by atoms with Crippen LogP contribution in [0.1, 0.15) is 20.8 Å². The van der Waals surface area contributed by atoms with Crippen molar-refractivity contribution >= 4 is 36.4 Å². The molecular formula is C10H29N2O15P4+. The highest BCUT2D eigenvalue weighted by molar-refractivity contribution is 7.72. The first-order chi connectivity index (χ1) is 13.4. The number of carboxylic acid groups (broad SMARTS) is 1. The quantitative estimate of drug-likeness (QED) is 0.104. The van der Waals surface area contributed by atoms with Gasteiger partial charge in [0.2, 0.25) is 0 Å². The number of rotatable bonds is 10. The summed E-state index contributed by atoms with van der Waals surface area (Å²) in [5, 5.41) is 16.6. The standard InChI is InChI=1S/C6H19NO12P4.C4H9NO3/c1-3-7(4-2,5(20(8,9)10)21(11,12)13)6(22(14,15)16)23(17,18)19;1-2(6)3(5)4(7)8/h5-6H,3-4H2,1-2H3,(H7-,8,9,10,11,12,13,14,15,16,17,18,19);2-3,6H,5H2,1H3,(H,7,8)/p+1/t;2-,3+/m.1/s1. The van der Waals surface area contributed by atoms with E-state index in [9.17, 15) is 62.2 Å². The molecule has 0 aliphatic rings. The van der Waals surface area contributed by atoms with Gasteiger partial charge in [0.1, 0.15) is 6.04 Å². The predicted octanol–water partition coefficient (Wildman–Crippen LogP) is -2.10. The van der Waals surface area contributed by atoms with Crippen molar-refractivity contribution in [3.05, 3.63) is 0 Å². The molecule has 0 rings (SSSR count). The molecule has 0 unspecified atom stereocenters. The Balaban J connectivity index is 0. The SMILES string of the molecule is CC[N+](CC)(C(P(=O)(O)O)P(=O)(O)O)C(P(=O)(O)O)P(=O)(O)O.C[C@@H](O)[C@H](N)C(=O)O. The fraction of sp³-hybridized carbons (Fsp3) is 0.900. The van der Waals surface area contributed by atoms with E-state index < -0.39 is 77.1 Å². The lowest BCUT2D eigenvalue weighted by atomic mass is 10.2. The number of hydrogen-bond acceptors (Lipinski definition) is 7. The van der Waals surface area contributed by atoms with Gasteiger partial charge in [-0.15, -0.1) is 0 Å². The minimum Gasteiger partial charge on any atom is -0.480 e. The van der Waals surface area contributed by atoms with Crippen LogP contribution in [0.3, 0.4) is 0 Å². The summed E-state index contributed by atoms with van der Waals surface area (Å²) in [5.74, 6) is -1.18. The van der Waals surface area contributed by atoms with E-state index in [2.05, 4.69) is 0 Å². The number of carboxylic acids is 1. The Kier molecular flexibility index (Phi) is 12.2. The molecule has 0 saturated carbocycles. The molecule has 31 heavy (non-hydrogen) atoms. The fourth-order valence-corrected chi connectivity index (χ4v) is 10.6. The molecule has 0 bridgehead atoms. The molecule has 0 aromatic rings. The van der Waals surface area contributed by atoms with Crippen LogP contribution >= 0.6 is 30.4 Å². The zero-order chi connectivity index (χ0) is 25.8. The van der Waals surface area contributed by atoms with E-state index >= 15 is 0 Å². The summed E-state index contributed by atoms with van der Waals surface area (Å²) in [6.07, 6.45) is -0.979. The molecule has 2 atom stereocenters. The lowest BCUT2D eigenvalue weighted by molar-refractivity contribution is -0.927. The minimum atomic E-state index is -5.72. The second kappa shape index (κ2) is 11.4. The van der Waals surface area contributed by atoms with Gasteiger partial charge in [-0.3, -0.25) is 27.5 Å². The Morgan fingerprint density at radius 2 is 1.00 bits per heavy atom. The first-order valence-corrected chi connectivity index (χ1v) is 14.9. The van der Waals surface area contributed by atoms with Crippen LogP contribution in [0.5, 0.6) is 0 Å². The molecule has 0 aromatic heterocycles. The highest BCUT2D eigenvalue weighted by Crippen LogP contribution is 2.71.